The van der Waals surface area contributed by atoms with Crippen LogP contribution in [0.25, 0.3) is 0 Å². The number of hydrogen-bond acceptors (Lipinski definition) is 3. The van der Waals surface area contributed by atoms with Gasteiger partial charge in [-0.3, -0.25) is 4.79 Å². The third-order valence-electron chi connectivity index (χ3n) is 4.49. The van der Waals surface area contributed by atoms with E-state index in [1.54, 1.807) is 18.3 Å². The Morgan fingerprint density at radius 3 is 2.60 bits per heavy atom. The summed E-state index contributed by atoms with van der Waals surface area (Å²) in [5.41, 5.74) is -0.383. The van der Waals surface area contributed by atoms with Gasteiger partial charge < -0.3 is 10.4 Å². The van der Waals surface area contributed by atoms with Crippen LogP contribution in [0.5, 0.6) is 0 Å². The van der Waals surface area contributed by atoms with Crippen molar-refractivity contribution in [3.8, 4) is 0 Å². The zero-order valence-corrected chi connectivity index (χ0v) is 13.3. The van der Waals surface area contributed by atoms with Gasteiger partial charge in [0, 0.05) is 5.41 Å². The molecule has 1 unspecified atom stereocenters. The molecule has 0 bridgehead atoms. The molecule has 0 radical (unpaired) electrons. The molecule has 0 saturated heterocycles. The summed E-state index contributed by atoms with van der Waals surface area (Å²) < 4.78 is 0. The van der Waals surface area contributed by atoms with E-state index in [1.807, 2.05) is 16.8 Å². The highest BCUT2D eigenvalue weighted by Crippen LogP contribution is 2.35. The van der Waals surface area contributed by atoms with Crippen molar-refractivity contribution in [3.05, 3.63) is 22.4 Å². The van der Waals surface area contributed by atoms with Crippen molar-refractivity contribution in [3.63, 3.8) is 0 Å². The summed E-state index contributed by atoms with van der Waals surface area (Å²) in [5.74, 6) is 0.0925. The number of hydrogen-bond donors (Lipinski definition) is 2. The lowest BCUT2D eigenvalue weighted by atomic mass is 9.81. The van der Waals surface area contributed by atoms with E-state index < -0.39 is 5.60 Å². The molecular weight excluding hydrogens is 270 g/mol. The molecule has 2 N–H and O–H groups in total. The SMILES string of the molecule is CC1(C(=O)NCC(C)(O)c2ccsc2)CCCCCC1. The topological polar surface area (TPSA) is 49.3 Å². The molecular formula is C16H25NO2S. The van der Waals surface area contributed by atoms with Gasteiger partial charge in [-0.05, 0) is 42.2 Å². The van der Waals surface area contributed by atoms with E-state index in [9.17, 15) is 9.90 Å². The number of carbonyl (C=O) groups excluding carboxylic acids is 1. The van der Waals surface area contributed by atoms with Crippen molar-refractivity contribution < 1.29 is 9.90 Å². The molecule has 0 aliphatic heterocycles. The molecule has 3 nitrogen and oxygen atoms in total. The molecule has 2 rings (SSSR count). The van der Waals surface area contributed by atoms with Crippen LogP contribution in [0.1, 0.15) is 57.9 Å². The largest absolute Gasteiger partial charge is 0.384 e. The van der Waals surface area contributed by atoms with Gasteiger partial charge in [0.15, 0.2) is 0 Å². The minimum atomic E-state index is -0.989. The van der Waals surface area contributed by atoms with Crippen LogP contribution in [-0.2, 0) is 10.4 Å². The Bertz CT molecular complexity index is 431. The second kappa shape index (κ2) is 6.27. The van der Waals surface area contributed by atoms with Crippen LogP contribution in [0.2, 0.25) is 0 Å². The quantitative estimate of drug-likeness (QED) is 0.836. The second-order valence-corrected chi connectivity index (χ2v) is 7.22. The molecule has 1 aromatic rings. The van der Waals surface area contributed by atoms with Crippen molar-refractivity contribution in [1.82, 2.24) is 5.32 Å². The first-order chi connectivity index (χ1) is 9.44. The van der Waals surface area contributed by atoms with Gasteiger partial charge in [0.2, 0.25) is 5.91 Å². The summed E-state index contributed by atoms with van der Waals surface area (Å²) >= 11 is 1.56. The monoisotopic (exact) mass is 295 g/mol. The lowest BCUT2D eigenvalue weighted by molar-refractivity contribution is -0.132. The maximum Gasteiger partial charge on any atom is 0.226 e. The first-order valence-electron chi connectivity index (χ1n) is 7.47. The Hall–Kier alpha value is -0.870. The van der Waals surface area contributed by atoms with Crippen molar-refractivity contribution in [2.24, 2.45) is 5.41 Å². The lowest BCUT2D eigenvalue weighted by Crippen LogP contribution is -2.44. The van der Waals surface area contributed by atoms with Crippen molar-refractivity contribution in [2.75, 3.05) is 6.54 Å². The van der Waals surface area contributed by atoms with Gasteiger partial charge in [0.25, 0.3) is 0 Å². The average molecular weight is 295 g/mol. The van der Waals surface area contributed by atoms with Gasteiger partial charge in [-0.25, -0.2) is 0 Å². The summed E-state index contributed by atoms with van der Waals surface area (Å²) in [6.07, 6.45) is 6.64. The van der Waals surface area contributed by atoms with Crippen LogP contribution in [0, 0.1) is 5.41 Å². The molecule has 1 saturated carbocycles. The minimum Gasteiger partial charge on any atom is -0.384 e. The van der Waals surface area contributed by atoms with E-state index in [0.717, 1.165) is 31.2 Å². The first kappa shape index (κ1) is 15.5. The summed E-state index contributed by atoms with van der Waals surface area (Å²) in [6, 6.07) is 1.91. The van der Waals surface area contributed by atoms with E-state index in [1.165, 1.54) is 12.8 Å². The molecule has 1 atom stereocenters. The van der Waals surface area contributed by atoms with Crippen LogP contribution in [0.3, 0.4) is 0 Å². The minimum absolute atomic E-state index is 0.0925. The average Bonchev–Trinajstić information content (AvgIpc) is 2.87. The molecule has 4 heteroatoms. The number of amides is 1. The van der Waals surface area contributed by atoms with Gasteiger partial charge in [-0.2, -0.15) is 11.3 Å². The summed E-state index contributed by atoms with van der Waals surface area (Å²) in [4.78, 5) is 12.5. The highest BCUT2D eigenvalue weighted by atomic mass is 32.1. The van der Waals surface area contributed by atoms with Crippen molar-refractivity contribution in [2.45, 2.75) is 58.0 Å². The molecule has 1 fully saturated rings. The standard InChI is InChI=1S/C16H25NO2S/c1-15(8-5-3-4-6-9-15)14(18)17-12-16(2,19)13-7-10-20-11-13/h7,10-11,19H,3-6,8-9,12H2,1-2H3,(H,17,18). The number of aliphatic hydroxyl groups is 1. The van der Waals surface area contributed by atoms with Crippen LogP contribution in [-0.4, -0.2) is 17.6 Å². The number of nitrogens with one attached hydrogen (secondary N) is 1. The van der Waals surface area contributed by atoms with Crippen molar-refractivity contribution in [1.29, 1.82) is 0 Å². The molecule has 1 aromatic heterocycles. The Labute approximate surface area is 125 Å². The van der Waals surface area contributed by atoms with E-state index in [2.05, 4.69) is 12.2 Å². The maximum atomic E-state index is 12.5. The number of carbonyl (C=O) groups is 1. The Morgan fingerprint density at radius 2 is 2.05 bits per heavy atom. The van der Waals surface area contributed by atoms with E-state index in [0.29, 0.717) is 0 Å². The number of thiophene rings is 1. The van der Waals surface area contributed by atoms with Gasteiger partial charge in [-0.1, -0.05) is 32.6 Å². The predicted molar refractivity (Wildman–Crippen MR) is 82.7 cm³/mol. The fourth-order valence-corrected chi connectivity index (χ4v) is 3.66. The molecule has 1 amide bonds. The predicted octanol–water partition coefficient (Wildman–Crippen LogP) is 3.43. The van der Waals surface area contributed by atoms with Crippen molar-refractivity contribution >= 4 is 17.2 Å². The summed E-state index contributed by atoms with van der Waals surface area (Å²) in [6.45, 7) is 4.09. The lowest BCUT2D eigenvalue weighted by Gasteiger charge is -2.29. The van der Waals surface area contributed by atoms with Crippen LogP contribution < -0.4 is 5.32 Å². The van der Waals surface area contributed by atoms with Crippen LogP contribution >= 0.6 is 11.3 Å². The molecule has 0 aromatic carbocycles. The third kappa shape index (κ3) is 3.61. The highest BCUT2D eigenvalue weighted by Gasteiger charge is 2.34. The Balaban J connectivity index is 1.94. The van der Waals surface area contributed by atoms with E-state index >= 15 is 0 Å². The molecule has 1 aliphatic rings. The smallest absolute Gasteiger partial charge is 0.226 e. The van der Waals surface area contributed by atoms with Gasteiger partial charge in [0.05, 0.1) is 6.54 Å². The fraction of sp³-hybridized carbons (Fsp3) is 0.688. The fourth-order valence-electron chi connectivity index (χ4n) is 2.87. The molecule has 1 aliphatic carbocycles. The highest BCUT2D eigenvalue weighted by molar-refractivity contribution is 7.08. The molecule has 1 heterocycles. The van der Waals surface area contributed by atoms with Gasteiger partial charge in [0.1, 0.15) is 5.60 Å². The van der Waals surface area contributed by atoms with Crippen LogP contribution in [0.4, 0.5) is 0 Å². The number of rotatable bonds is 4. The van der Waals surface area contributed by atoms with Crippen LogP contribution in [0.15, 0.2) is 16.8 Å². The van der Waals surface area contributed by atoms with E-state index in [4.69, 9.17) is 0 Å². The van der Waals surface area contributed by atoms with Gasteiger partial charge >= 0.3 is 0 Å². The maximum absolute atomic E-state index is 12.5. The third-order valence-corrected chi connectivity index (χ3v) is 5.17. The molecule has 20 heavy (non-hydrogen) atoms. The Morgan fingerprint density at radius 1 is 1.40 bits per heavy atom. The zero-order chi connectivity index (χ0) is 14.6. The normalized spacial score (nSPS) is 21.8. The molecule has 0 spiro atoms. The van der Waals surface area contributed by atoms with Gasteiger partial charge in [-0.15, -0.1) is 0 Å². The summed E-state index contributed by atoms with van der Waals surface area (Å²) in [5, 5.41) is 17.3. The zero-order valence-electron chi connectivity index (χ0n) is 12.4. The second-order valence-electron chi connectivity index (χ2n) is 6.44. The Kier molecular flexibility index (Phi) is 4.86. The summed E-state index contributed by atoms with van der Waals surface area (Å²) in [7, 11) is 0. The molecule has 112 valence electrons. The van der Waals surface area contributed by atoms with E-state index in [-0.39, 0.29) is 17.9 Å². The first-order valence-corrected chi connectivity index (χ1v) is 8.42.